The molecule has 0 atom stereocenters. The van der Waals surface area contributed by atoms with Crippen LogP contribution in [0.15, 0.2) is 267 Å². The van der Waals surface area contributed by atoms with Gasteiger partial charge < -0.3 is 10.0 Å². The zero-order chi connectivity index (χ0) is 48.5. The van der Waals surface area contributed by atoms with Gasteiger partial charge in [0, 0.05) is 0 Å². The molecule has 340 valence electrons. The summed E-state index contributed by atoms with van der Waals surface area (Å²) in [6.07, 6.45) is 0. The molecule has 14 aromatic carbocycles. The molecule has 14 rings (SSSR count). The van der Waals surface area contributed by atoms with Crippen molar-refractivity contribution in [2.45, 2.75) is 6.92 Å². The first-order valence-corrected chi connectivity index (χ1v) is 24.6. The Bertz CT molecular complexity index is 4240. The SMILES string of the molecule is Cc1ccc2ccc(-c3ccc4ccccc4c3)cc2c1.OB(O)c1c2ccccc2cc2ccccc12.c1ccc2cc(-c3ccc4ccc(-c5c6ccccc6cc6ccccc56)cc4c3)ccc2c1. The number of fused-ring (bicyclic) bond motifs is 8. The Kier molecular flexibility index (Phi) is 11.8. The van der Waals surface area contributed by atoms with Crippen molar-refractivity contribution in [1.29, 1.82) is 0 Å². The summed E-state index contributed by atoms with van der Waals surface area (Å²) in [7, 11) is -1.45. The third-order valence-corrected chi connectivity index (χ3v) is 14.1. The monoisotopic (exact) mass is 920 g/mol. The lowest BCUT2D eigenvalue weighted by Crippen LogP contribution is -2.31. The Morgan fingerprint density at radius 3 is 0.958 bits per heavy atom. The van der Waals surface area contributed by atoms with Gasteiger partial charge in [-0.3, -0.25) is 0 Å². The maximum atomic E-state index is 9.58. The van der Waals surface area contributed by atoms with E-state index < -0.39 is 7.12 Å². The molecule has 0 spiro atoms. The molecule has 0 aliphatic heterocycles. The van der Waals surface area contributed by atoms with E-state index in [4.69, 9.17) is 0 Å². The van der Waals surface area contributed by atoms with Crippen LogP contribution >= 0.6 is 0 Å². The van der Waals surface area contributed by atoms with E-state index in [1.807, 2.05) is 48.5 Å². The third kappa shape index (κ3) is 8.73. The predicted octanol–water partition coefficient (Wildman–Crippen LogP) is 17.3. The highest BCUT2D eigenvalue weighted by molar-refractivity contribution is 6.65. The fraction of sp³-hybridized carbons (Fsp3) is 0.0145. The molecule has 14 aromatic rings. The van der Waals surface area contributed by atoms with Crippen LogP contribution in [0.2, 0.25) is 0 Å². The summed E-state index contributed by atoms with van der Waals surface area (Å²) in [5, 5.41) is 38.4. The molecular formula is C69H49BO2. The molecule has 0 aliphatic carbocycles. The van der Waals surface area contributed by atoms with E-state index in [1.54, 1.807) is 0 Å². The van der Waals surface area contributed by atoms with E-state index in [0.29, 0.717) is 5.46 Å². The van der Waals surface area contributed by atoms with E-state index in [2.05, 4.69) is 225 Å². The maximum absolute atomic E-state index is 9.58. The summed E-state index contributed by atoms with van der Waals surface area (Å²) in [6.45, 7) is 2.14. The summed E-state index contributed by atoms with van der Waals surface area (Å²) in [5.41, 5.74) is 9.51. The van der Waals surface area contributed by atoms with Gasteiger partial charge in [-0.1, -0.05) is 230 Å². The van der Waals surface area contributed by atoms with Gasteiger partial charge in [0.1, 0.15) is 0 Å². The van der Waals surface area contributed by atoms with Crippen LogP contribution in [0, 0.1) is 6.92 Å². The van der Waals surface area contributed by atoms with Crippen LogP contribution in [-0.2, 0) is 0 Å². The van der Waals surface area contributed by atoms with Gasteiger partial charge in [0.25, 0.3) is 0 Å². The second-order valence-corrected chi connectivity index (χ2v) is 18.8. The largest absolute Gasteiger partial charge is 0.489 e. The second-order valence-electron chi connectivity index (χ2n) is 18.8. The Morgan fingerprint density at radius 1 is 0.236 bits per heavy atom. The molecule has 0 bridgehead atoms. The van der Waals surface area contributed by atoms with Crippen molar-refractivity contribution in [3.05, 3.63) is 272 Å². The molecule has 0 aliphatic rings. The zero-order valence-corrected chi connectivity index (χ0v) is 39.9. The van der Waals surface area contributed by atoms with Gasteiger partial charge in [-0.25, -0.2) is 0 Å². The number of rotatable bonds is 4. The first-order valence-electron chi connectivity index (χ1n) is 24.6. The van der Waals surface area contributed by atoms with E-state index in [1.165, 1.54) is 104 Å². The van der Waals surface area contributed by atoms with E-state index in [-0.39, 0.29) is 0 Å². The summed E-state index contributed by atoms with van der Waals surface area (Å²) in [6, 6.07) is 94.7. The van der Waals surface area contributed by atoms with E-state index in [9.17, 15) is 10.0 Å². The number of benzene rings is 14. The fourth-order valence-electron chi connectivity index (χ4n) is 10.5. The van der Waals surface area contributed by atoms with Gasteiger partial charge in [0.2, 0.25) is 0 Å². The van der Waals surface area contributed by atoms with E-state index in [0.717, 1.165) is 21.5 Å². The quantitative estimate of drug-likeness (QED) is 0.136. The minimum Gasteiger partial charge on any atom is -0.423 e. The lowest BCUT2D eigenvalue weighted by Gasteiger charge is -2.13. The van der Waals surface area contributed by atoms with Crippen LogP contribution in [0.1, 0.15) is 5.56 Å². The molecule has 0 heterocycles. The van der Waals surface area contributed by atoms with Gasteiger partial charge in [0.05, 0.1) is 0 Å². The van der Waals surface area contributed by atoms with Gasteiger partial charge in [-0.15, -0.1) is 0 Å². The molecule has 0 unspecified atom stereocenters. The molecule has 3 heteroatoms. The van der Waals surface area contributed by atoms with Gasteiger partial charge in [0.15, 0.2) is 0 Å². The minimum atomic E-state index is -1.45. The maximum Gasteiger partial charge on any atom is 0.489 e. The summed E-state index contributed by atoms with van der Waals surface area (Å²) >= 11 is 0. The van der Waals surface area contributed by atoms with Crippen LogP contribution in [0.4, 0.5) is 0 Å². The smallest absolute Gasteiger partial charge is 0.423 e. The molecule has 0 radical (unpaired) electrons. The van der Waals surface area contributed by atoms with Crippen molar-refractivity contribution < 1.29 is 10.0 Å². The van der Waals surface area contributed by atoms with Crippen molar-refractivity contribution >= 4 is 98.8 Å². The molecule has 0 amide bonds. The first kappa shape index (κ1) is 44.4. The van der Waals surface area contributed by atoms with Crippen molar-refractivity contribution in [1.82, 2.24) is 0 Å². The highest BCUT2D eigenvalue weighted by Crippen LogP contribution is 2.38. The molecule has 0 fully saturated rings. The lowest BCUT2D eigenvalue weighted by molar-refractivity contribution is 0.426. The average molecular weight is 921 g/mol. The average Bonchev–Trinajstić information content (AvgIpc) is 3.43. The van der Waals surface area contributed by atoms with Crippen LogP contribution in [-0.4, -0.2) is 17.2 Å². The minimum absolute atomic E-state index is 0.582. The van der Waals surface area contributed by atoms with Gasteiger partial charge in [-0.2, -0.15) is 0 Å². The molecule has 72 heavy (non-hydrogen) atoms. The highest BCUT2D eigenvalue weighted by Gasteiger charge is 2.18. The number of aryl methyl sites for hydroxylation is 1. The Balaban J connectivity index is 0.000000119. The molecule has 0 saturated heterocycles. The Hall–Kier alpha value is -8.86. The molecule has 2 nitrogen and oxygen atoms in total. The first-order chi connectivity index (χ1) is 35.4. The Labute approximate surface area is 419 Å². The van der Waals surface area contributed by atoms with Crippen molar-refractivity contribution in [3.63, 3.8) is 0 Å². The summed E-state index contributed by atoms with van der Waals surface area (Å²) < 4.78 is 0. The van der Waals surface area contributed by atoms with E-state index >= 15 is 0 Å². The van der Waals surface area contributed by atoms with Crippen LogP contribution in [0.25, 0.3) is 120 Å². The summed E-state index contributed by atoms with van der Waals surface area (Å²) in [4.78, 5) is 0. The molecule has 2 N–H and O–H groups in total. The van der Waals surface area contributed by atoms with Crippen LogP contribution in [0.5, 0.6) is 0 Å². The third-order valence-electron chi connectivity index (χ3n) is 14.1. The molecular weight excluding hydrogens is 872 g/mol. The highest BCUT2D eigenvalue weighted by atomic mass is 16.4. The molecule has 0 aromatic heterocycles. The fourth-order valence-corrected chi connectivity index (χ4v) is 10.5. The van der Waals surface area contributed by atoms with Gasteiger partial charge >= 0.3 is 7.12 Å². The zero-order valence-electron chi connectivity index (χ0n) is 39.9. The molecule has 0 saturated carbocycles. The van der Waals surface area contributed by atoms with Gasteiger partial charge in [-0.05, 0) is 174 Å². The lowest BCUT2D eigenvalue weighted by atomic mass is 9.74. The normalized spacial score (nSPS) is 11.3. The second kappa shape index (κ2) is 19.2. The number of hydrogen-bond acceptors (Lipinski definition) is 2. The van der Waals surface area contributed by atoms with Crippen molar-refractivity contribution in [2.75, 3.05) is 0 Å². The van der Waals surface area contributed by atoms with Crippen LogP contribution in [0.3, 0.4) is 0 Å². The van der Waals surface area contributed by atoms with Crippen molar-refractivity contribution in [2.24, 2.45) is 0 Å². The standard InChI is InChI=1S/C34H22.C21H16.C14H11BO2/c1-2-8-25-19-26(16-13-23(25)7-1)27-17-14-24-15-18-30(22-31(24)20-27)34-32-11-5-3-9-28(32)21-29-10-4-6-12-33(29)34;1-15-6-7-17-9-11-20(14-21(17)12-15)19-10-8-16-4-2-3-5-18(16)13-19;16-15(17)14-12-7-3-1-5-10(12)9-11-6-2-4-8-13(11)14/h1-22H;2-14H,1H3;1-9,16-17H. The Morgan fingerprint density at radius 2 is 0.528 bits per heavy atom. The number of hydrogen-bond donors (Lipinski definition) is 2. The topological polar surface area (TPSA) is 40.5 Å². The van der Waals surface area contributed by atoms with Crippen LogP contribution < -0.4 is 5.46 Å². The predicted molar refractivity (Wildman–Crippen MR) is 310 cm³/mol. The van der Waals surface area contributed by atoms with Crippen molar-refractivity contribution in [3.8, 4) is 33.4 Å². The summed E-state index contributed by atoms with van der Waals surface area (Å²) in [5.74, 6) is 0.